The molecule has 1 aliphatic rings. The Hall–Kier alpha value is -2.27. The highest BCUT2D eigenvalue weighted by Gasteiger charge is 2.22. The van der Waals surface area contributed by atoms with Gasteiger partial charge in [0.25, 0.3) is 0 Å². The number of carbonyl (C=O) groups is 1. The first-order valence-electron chi connectivity index (χ1n) is 6.16. The molecule has 5 heteroatoms. The molecule has 0 saturated heterocycles. The molecule has 3 rings (SSSR count). The molecular weight excluding hydrogens is 240 g/mol. The predicted octanol–water partition coefficient (Wildman–Crippen LogP) is 0.811. The van der Waals surface area contributed by atoms with Crippen molar-refractivity contribution in [1.29, 1.82) is 0 Å². The van der Waals surface area contributed by atoms with Crippen LogP contribution in [0.25, 0.3) is 0 Å². The molecule has 19 heavy (non-hydrogen) atoms. The molecule has 1 atom stereocenters. The van der Waals surface area contributed by atoms with E-state index in [9.17, 15) is 4.79 Å². The van der Waals surface area contributed by atoms with Gasteiger partial charge in [0.15, 0.2) is 0 Å². The summed E-state index contributed by atoms with van der Waals surface area (Å²) in [6.45, 7) is 0.891. The quantitative estimate of drug-likeness (QED) is 0.831. The highest BCUT2D eigenvalue weighted by molar-refractivity contribution is 5.93. The second kappa shape index (κ2) is 4.78. The van der Waals surface area contributed by atoms with Gasteiger partial charge in [0.1, 0.15) is 6.33 Å². The maximum Gasteiger partial charge on any atom is 0.248 e. The summed E-state index contributed by atoms with van der Waals surface area (Å²) < 4.78 is 0. The van der Waals surface area contributed by atoms with Gasteiger partial charge in [-0.15, -0.1) is 0 Å². The Labute approximate surface area is 110 Å². The van der Waals surface area contributed by atoms with Gasteiger partial charge >= 0.3 is 0 Å². The summed E-state index contributed by atoms with van der Waals surface area (Å²) in [6, 6.07) is 5.64. The van der Waals surface area contributed by atoms with Gasteiger partial charge in [-0.3, -0.25) is 4.79 Å². The molecular formula is C14H14N4O. The molecule has 2 aromatic rings. The number of carbonyl (C=O) groups excluding carboxylic acids is 1. The molecule has 2 heterocycles. The zero-order valence-electron chi connectivity index (χ0n) is 10.3. The topological polar surface area (TPSA) is 80.9 Å². The Morgan fingerprint density at radius 3 is 2.84 bits per heavy atom. The van der Waals surface area contributed by atoms with Crippen molar-refractivity contribution < 1.29 is 4.79 Å². The van der Waals surface area contributed by atoms with Crippen molar-refractivity contribution >= 4 is 5.91 Å². The number of nitrogens with one attached hydrogen (secondary N) is 1. The van der Waals surface area contributed by atoms with E-state index < -0.39 is 5.91 Å². The number of amides is 1. The van der Waals surface area contributed by atoms with Gasteiger partial charge in [-0.05, 0) is 29.7 Å². The number of benzene rings is 1. The number of rotatable bonds is 2. The summed E-state index contributed by atoms with van der Waals surface area (Å²) >= 11 is 0. The lowest BCUT2D eigenvalue weighted by Gasteiger charge is -2.27. The molecule has 1 aromatic heterocycles. The van der Waals surface area contributed by atoms with Crippen molar-refractivity contribution in [2.45, 2.75) is 12.5 Å². The maximum atomic E-state index is 11.3. The van der Waals surface area contributed by atoms with Crippen molar-refractivity contribution in [2.24, 2.45) is 5.73 Å². The summed E-state index contributed by atoms with van der Waals surface area (Å²) in [4.78, 5) is 19.4. The van der Waals surface area contributed by atoms with E-state index in [1.165, 1.54) is 11.9 Å². The standard InChI is InChI=1S/C14H14N4O/c15-14(19)10-2-1-9-3-4-18-13(12(9)5-10)11-6-16-8-17-7-11/h1-2,5-8,13,18H,3-4H2,(H2,15,19). The molecule has 1 aliphatic heterocycles. The van der Waals surface area contributed by atoms with Crippen LogP contribution in [0.4, 0.5) is 0 Å². The average molecular weight is 254 g/mol. The lowest BCUT2D eigenvalue weighted by molar-refractivity contribution is 0.1000. The van der Waals surface area contributed by atoms with Crippen LogP contribution in [0.3, 0.4) is 0 Å². The lowest BCUT2D eigenvalue weighted by Crippen LogP contribution is -2.31. The zero-order valence-corrected chi connectivity index (χ0v) is 10.3. The van der Waals surface area contributed by atoms with Crippen LogP contribution < -0.4 is 11.1 Å². The monoisotopic (exact) mass is 254 g/mol. The third-order valence-corrected chi connectivity index (χ3v) is 3.40. The molecule has 0 aliphatic carbocycles. The first-order valence-corrected chi connectivity index (χ1v) is 6.16. The van der Waals surface area contributed by atoms with E-state index in [4.69, 9.17) is 5.73 Å². The number of nitrogens with two attached hydrogens (primary N) is 1. The van der Waals surface area contributed by atoms with E-state index in [0.29, 0.717) is 5.56 Å². The van der Waals surface area contributed by atoms with Crippen molar-refractivity contribution in [3.05, 3.63) is 59.2 Å². The van der Waals surface area contributed by atoms with E-state index in [1.54, 1.807) is 18.5 Å². The summed E-state index contributed by atoms with van der Waals surface area (Å²) in [5, 5.41) is 3.43. The number of nitrogens with zero attached hydrogens (tertiary/aromatic N) is 2. The van der Waals surface area contributed by atoms with Gasteiger partial charge in [0, 0.05) is 30.1 Å². The molecule has 0 bridgehead atoms. The van der Waals surface area contributed by atoms with Crippen LogP contribution in [0.15, 0.2) is 36.9 Å². The minimum Gasteiger partial charge on any atom is -0.366 e. The first-order chi connectivity index (χ1) is 9.25. The Morgan fingerprint density at radius 2 is 2.11 bits per heavy atom. The first kappa shape index (κ1) is 11.8. The summed E-state index contributed by atoms with van der Waals surface area (Å²) in [6.07, 6.45) is 6.03. The predicted molar refractivity (Wildman–Crippen MR) is 70.5 cm³/mol. The van der Waals surface area contributed by atoms with Crippen molar-refractivity contribution in [3.63, 3.8) is 0 Å². The highest BCUT2D eigenvalue weighted by atomic mass is 16.1. The van der Waals surface area contributed by atoms with Crippen LogP contribution in [0.1, 0.15) is 33.1 Å². The van der Waals surface area contributed by atoms with Crippen LogP contribution >= 0.6 is 0 Å². The second-order valence-corrected chi connectivity index (χ2v) is 4.59. The fourth-order valence-corrected chi connectivity index (χ4v) is 2.46. The van der Waals surface area contributed by atoms with Gasteiger partial charge in [-0.1, -0.05) is 6.07 Å². The van der Waals surface area contributed by atoms with E-state index >= 15 is 0 Å². The van der Waals surface area contributed by atoms with E-state index in [1.807, 2.05) is 12.1 Å². The molecule has 3 N–H and O–H groups in total. The van der Waals surface area contributed by atoms with Crippen LogP contribution in [0, 0.1) is 0 Å². The third kappa shape index (κ3) is 2.20. The Morgan fingerprint density at radius 1 is 1.32 bits per heavy atom. The van der Waals surface area contributed by atoms with Crippen molar-refractivity contribution in [1.82, 2.24) is 15.3 Å². The SMILES string of the molecule is NC(=O)c1ccc2c(c1)C(c1cncnc1)NCC2. The minimum absolute atomic E-state index is 0.0178. The molecule has 0 spiro atoms. The lowest BCUT2D eigenvalue weighted by atomic mass is 9.89. The number of fused-ring (bicyclic) bond motifs is 1. The maximum absolute atomic E-state index is 11.3. The van der Waals surface area contributed by atoms with Crippen LogP contribution in [-0.2, 0) is 6.42 Å². The highest BCUT2D eigenvalue weighted by Crippen LogP contribution is 2.28. The van der Waals surface area contributed by atoms with Crippen molar-refractivity contribution in [2.75, 3.05) is 6.54 Å². The van der Waals surface area contributed by atoms with Crippen LogP contribution in [-0.4, -0.2) is 22.4 Å². The number of primary amides is 1. The summed E-state index contributed by atoms with van der Waals surface area (Å²) in [5.41, 5.74) is 9.18. The molecule has 0 radical (unpaired) electrons. The zero-order chi connectivity index (χ0) is 13.2. The van der Waals surface area contributed by atoms with Gasteiger partial charge < -0.3 is 11.1 Å². The fourth-order valence-electron chi connectivity index (χ4n) is 2.46. The second-order valence-electron chi connectivity index (χ2n) is 4.59. The molecule has 0 saturated carbocycles. The van der Waals surface area contributed by atoms with E-state index in [2.05, 4.69) is 15.3 Å². The van der Waals surface area contributed by atoms with Gasteiger partial charge in [-0.25, -0.2) is 9.97 Å². The smallest absolute Gasteiger partial charge is 0.248 e. The average Bonchev–Trinajstić information content (AvgIpc) is 2.47. The van der Waals surface area contributed by atoms with Gasteiger partial charge in [-0.2, -0.15) is 0 Å². The molecule has 0 fully saturated rings. The number of aromatic nitrogens is 2. The molecule has 1 amide bonds. The third-order valence-electron chi connectivity index (χ3n) is 3.40. The minimum atomic E-state index is -0.406. The summed E-state index contributed by atoms with van der Waals surface area (Å²) in [7, 11) is 0. The number of hydrogen-bond acceptors (Lipinski definition) is 4. The van der Waals surface area contributed by atoms with Crippen molar-refractivity contribution in [3.8, 4) is 0 Å². The normalized spacial score (nSPS) is 17.8. The molecule has 1 unspecified atom stereocenters. The Balaban J connectivity index is 2.08. The van der Waals surface area contributed by atoms with Gasteiger partial charge in [0.05, 0.1) is 6.04 Å². The summed E-state index contributed by atoms with van der Waals surface area (Å²) in [5.74, 6) is -0.406. The van der Waals surface area contributed by atoms with E-state index in [0.717, 1.165) is 24.1 Å². The van der Waals surface area contributed by atoms with Crippen LogP contribution in [0.2, 0.25) is 0 Å². The number of hydrogen-bond donors (Lipinski definition) is 2. The largest absolute Gasteiger partial charge is 0.366 e. The Kier molecular flexibility index (Phi) is 2.97. The van der Waals surface area contributed by atoms with Crippen LogP contribution in [0.5, 0.6) is 0 Å². The molecule has 1 aromatic carbocycles. The fraction of sp³-hybridized carbons (Fsp3) is 0.214. The van der Waals surface area contributed by atoms with E-state index in [-0.39, 0.29) is 6.04 Å². The Bertz CT molecular complexity index is 612. The molecule has 96 valence electrons. The van der Waals surface area contributed by atoms with Gasteiger partial charge in [0.2, 0.25) is 5.91 Å². The molecule has 5 nitrogen and oxygen atoms in total.